The van der Waals surface area contributed by atoms with Crippen molar-refractivity contribution in [3.63, 3.8) is 0 Å². The van der Waals surface area contributed by atoms with Crippen molar-refractivity contribution in [3.8, 4) is 0 Å². The lowest BCUT2D eigenvalue weighted by atomic mass is 9.94. The Morgan fingerprint density at radius 1 is 1.00 bits per heavy atom. The highest BCUT2D eigenvalue weighted by Gasteiger charge is 2.30. The third kappa shape index (κ3) is 3.03. The van der Waals surface area contributed by atoms with E-state index in [9.17, 15) is 4.79 Å². The van der Waals surface area contributed by atoms with Crippen molar-refractivity contribution in [1.82, 2.24) is 15.2 Å². The van der Waals surface area contributed by atoms with E-state index in [1.807, 2.05) is 23.1 Å². The van der Waals surface area contributed by atoms with Gasteiger partial charge in [0.1, 0.15) is 6.17 Å². The summed E-state index contributed by atoms with van der Waals surface area (Å²) in [4.78, 5) is 15.8. The van der Waals surface area contributed by atoms with Crippen LogP contribution in [0.3, 0.4) is 0 Å². The number of fused-ring (bicyclic) bond motifs is 1. The summed E-state index contributed by atoms with van der Waals surface area (Å²) < 4.78 is 0. The van der Waals surface area contributed by atoms with E-state index in [4.69, 9.17) is 5.10 Å². The molecule has 0 bridgehead atoms. The SMILES string of the molecule is CC(=O)N1CCN(C2NN=C(c3ccccc3)c3ccccc32)CC1. The number of rotatable bonds is 2. The molecule has 2 aromatic rings. The molecule has 1 saturated heterocycles. The van der Waals surface area contributed by atoms with Gasteiger partial charge >= 0.3 is 0 Å². The van der Waals surface area contributed by atoms with Gasteiger partial charge in [-0.15, -0.1) is 0 Å². The largest absolute Gasteiger partial charge is 0.340 e. The molecule has 2 aliphatic heterocycles. The Morgan fingerprint density at radius 3 is 2.40 bits per heavy atom. The summed E-state index contributed by atoms with van der Waals surface area (Å²) >= 11 is 0. The molecular formula is C20H22N4O. The van der Waals surface area contributed by atoms with Gasteiger partial charge in [-0.1, -0.05) is 54.6 Å². The second-order valence-electron chi connectivity index (χ2n) is 6.49. The van der Waals surface area contributed by atoms with Crippen LogP contribution in [-0.2, 0) is 4.79 Å². The van der Waals surface area contributed by atoms with Crippen LogP contribution < -0.4 is 5.43 Å². The Labute approximate surface area is 147 Å². The maximum absolute atomic E-state index is 11.5. The third-order valence-corrected chi connectivity index (χ3v) is 4.98. The number of amides is 1. The van der Waals surface area contributed by atoms with Crippen molar-refractivity contribution in [3.05, 3.63) is 71.3 Å². The van der Waals surface area contributed by atoms with Crippen molar-refractivity contribution < 1.29 is 4.79 Å². The maximum atomic E-state index is 11.5. The van der Waals surface area contributed by atoms with E-state index in [1.54, 1.807) is 6.92 Å². The zero-order valence-corrected chi connectivity index (χ0v) is 14.4. The van der Waals surface area contributed by atoms with E-state index < -0.39 is 0 Å². The Bertz CT molecular complexity index is 794. The molecule has 1 N–H and O–H groups in total. The molecule has 2 heterocycles. The first-order valence-corrected chi connectivity index (χ1v) is 8.71. The molecule has 1 atom stereocenters. The Balaban J connectivity index is 1.61. The average molecular weight is 334 g/mol. The first-order valence-electron chi connectivity index (χ1n) is 8.71. The van der Waals surface area contributed by atoms with E-state index in [1.165, 1.54) is 11.1 Å². The fourth-order valence-electron chi connectivity index (χ4n) is 3.60. The molecule has 0 radical (unpaired) electrons. The first-order chi connectivity index (χ1) is 12.2. The molecule has 0 saturated carbocycles. The molecule has 0 aliphatic carbocycles. The normalized spacial score (nSPS) is 20.4. The van der Waals surface area contributed by atoms with E-state index in [2.05, 4.69) is 46.7 Å². The highest BCUT2D eigenvalue weighted by atomic mass is 16.2. The van der Waals surface area contributed by atoms with Gasteiger partial charge in [0.25, 0.3) is 0 Å². The van der Waals surface area contributed by atoms with Crippen LogP contribution in [0.25, 0.3) is 0 Å². The van der Waals surface area contributed by atoms with Crippen LogP contribution in [0.1, 0.15) is 29.8 Å². The number of hydrogen-bond acceptors (Lipinski definition) is 4. The van der Waals surface area contributed by atoms with Crippen LogP contribution in [0.5, 0.6) is 0 Å². The second-order valence-corrected chi connectivity index (χ2v) is 6.49. The molecule has 1 fully saturated rings. The van der Waals surface area contributed by atoms with Crippen molar-refractivity contribution in [2.45, 2.75) is 13.1 Å². The summed E-state index contributed by atoms with van der Waals surface area (Å²) in [5, 5.41) is 4.70. The number of carbonyl (C=O) groups is 1. The van der Waals surface area contributed by atoms with Crippen molar-refractivity contribution in [2.24, 2.45) is 5.10 Å². The molecule has 0 aromatic heterocycles. The summed E-state index contributed by atoms with van der Waals surface area (Å²) in [6.45, 7) is 4.87. The molecule has 4 rings (SSSR count). The number of hydrogen-bond donors (Lipinski definition) is 1. The quantitative estimate of drug-likeness (QED) is 0.916. The standard InChI is InChI=1S/C20H22N4O/c1-15(25)23-11-13-24(14-12-23)20-18-10-6-5-9-17(18)19(21-22-20)16-7-3-2-4-8-16/h2-10,20,22H,11-14H2,1H3. The minimum Gasteiger partial charge on any atom is -0.340 e. The van der Waals surface area contributed by atoms with Gasteiger partial charge in [0.2, 0.25) is 5.91 Å². The van der Waals surface area contributed by atoms with Crippen molar-refractivity contribution >= 4 is 11.6 Å². The Morgan fingerprint density at radius 2 is 1.68 bits per heavy atom. The van der Waals surface area contributed by atoms with Crippen LogP contribution in [0.15, 0.2) is 59.7 Å². The fraction of sp³-hybridized carbons (Fsp3) is 0.300. The number of carbonyl (C=O) groups excluding carboxylic acids is 1. The number of nitrogens with one attached hydrogen (secondary N) is 1. The molecule has 25 heavy (non-hydrogen) atoms. The highest BCUT2D eigenvalue weighted by molar-refractivity contribution is 6.14. The fourth-order valence-corrected chi connectivity index (χ4v) is 3.60. The number of piperazine rings is 1. The molecule has 0 spiro atoms. The number of hydrazone groups is 1. The predicted molar refractivity (Wildman–Crippen MR) is 98.2 cm³/mol. The van der Waals surface area contributed by atoms with Gasteiger partial charge < -0.3 is 4.90 Å². The van der Waals surface area contributed by atoms with Gasteiger partial charge in [0.15, 0.2) is 0 Å². The smallest absolute Gasteiger partial charge is 0.219 e. The predicted octanol–water partition coefficient (Wildman–Crippen LogP) is 2.20. The van der Waals surface area contributed by atoms with Crippen LogP contribution in [0, 0.1) is 0 Å². The van der Waals surface area contributed by atoms with Crippen molar-refractivity contribution in [2.75, 3.05) is 26.2 Å². The third-order valence-electron chi connectivity index (χ3n) is 4.98. The van der Waals surface area contributed by atoms with E-state index >= 15 is 0 Å². The second kappa shape index (κ2) is 6.69. The molecular weight excluding hydrogens is 312 g/mol. The summed E-state index contributed by atoms with van der Waals surface area (Å²) in [5.74, 6) is 0.154. The van der Waals surface area contributed by atoms with E-state index in [0.29, 0.717) is 0 Å². The molecule has 128 valence electrons. The van der Waals surface area contributed by atoms with Crippen LogP contribution in [0.2, 0.25) is 0 Å². The molecule has 1 amide bonds. The average Bonchev–Trinajstić information content (AvgIpc) is 2.68. The van der Waals surface area contributed by atoms with Gasteiger partial charge in [-0.05, 0) is 5.56 Å². The van der Waals surface area contributed by atoms with Crippen LogP contribution in [0.4, 0.5) is 0 Å². The van der Waals surface area contributed by atoms with E-state index in [-0.39, 0.29) is 12.1 Å². The zero-order valence-electron chi connectivity index (χ0n) is 14.4. The van der Waals surface area contributed by atoms with Gasteiger partial charge in [-0.3, -0.25) is 15.1 Å². The van der Waals surface area contributed by atoms with Crippen LogP contribution >= 0.6 is 0 Å². The monoisotopic (exact) mass is 334 g/mol. The summed E-state index contributed by atoms with van der Waals surface area (Å²) in [5.41, 5.74) is 7.86. The molecule has 2 aliphatic rings. The van der Waals surface area contributed by atoms with Gasteiger partial charge in [0.05, 0.1) is 5.71 Å². The lowest BCUT2D eigenvalue weighted by Crippen LogP contribution is -2.52. The first kappa shape index (κ1) is 15.8. The summed E-state index contributed by atoms with van der Waals surface area (Å²) in [6.07, 6.45) is 0.0535. The molecule has 5 heteroatoms. The molecule has 2 aromatic carbocycles. The van der Waals surface area contributed by atoms with Gasteiger partial charge in [-0.25, -0.2) is 0 Å². The van der Waals surface area contributed by atoms with Crippen LogP contribution in [-0.4, -0.2) is 47.6 Å². The highest BCUT2D eigenvalue weighted by Crippen LogP contribution is 2.28. The van der Waals surface area contributed by atoms with Gasteiger partial charge in [-0.2, -0.15) is 5.10 Å². The topological polar surface area (TPSA) is 47.9 Å². The van der Waals surface area contributed by atoms with Gasteiger partial charge in [0, 0.05) is 44.2 Å². The number of benzene rings is 2. The van der Waals surface area contributed by atoms with E-state index in [0.717, 1.165) is 37.5 Å². The molecule has 1 unspecified atom stereocenters. The zero-order chi connectivity index (χ0) is 17.2. The Hall–Kier alpha value is -2.66. The van der Waals surface area contributed by atoms with Crippen molar-refractivity contribution in [1.29, 1.82) is 0 Å². The lowest BCUT2D eigenvalue weighted by molar-refractivity contribution is -0.131. The summed E-state index contributed by atoms with van der Waals surface area (Å²) in [7, 11) is 0. The Kier molecular flexibility index (Phi) is 4.24. The minimum atomic E-state index is 0.0535. The maximum Gasteiger partial charge on any atom is 0.219 e. The number of nitrogens with zero attached hydrogens (tertiary/aromatic N) is 3. The molecule has 5 nitrogen and oxygen atoms in total. The lowest BCUT2D eigenvalue weighted by Gasteiger charge is -2.40. The summed E-state index contributed by atoms with van der Waals surface area (Å²) in [6, 6.07) is 18.7. The minimum absolute atomic E-state index is 0.0535.